The maximum absolute atomic E-state index is 12.5. The van der Waals surface area contributed by atoms with Gasteiger partial charge in [-0.25, -0.2) is 0 Å². The number of carbonyl (C=O) groups excluding carboxylic acids is 1. The second kappa shape index (κ2) is 8.15. The molecule has 0 radical (unpaired) electrons. The SMILES string of the molecule is Cc1cc(C)c(OCc2csc(C(=O)Nc3cccc(Cl)c3C)c2)c(C)c1. The molecule has 2 aromatic carbocycles. The van der Waals surface area contributed by atoms with Gasteiger partial charge in [0.05, 0.1) is 4.88 Å². The van der Waals surface area contributed by atoms with Crippen molar-refractivity contribution in [3.05, 3.63) is 79.5 Å². The molecular formula is C22H22ClNO2S. The fourth-order valence-corrected chi connectivity index (χ4v) is 4.01. The zero-order valence-corrected chi connectivity index (χ0v) is 17.4. The first-order valence-electron chi connectivity index (χ1n) is 8.69. The maximum atomic E-state index is 12.5. The van der Waals surface area contributed by atoms with Crippen LogP contribution in [0.2, 0.25) is 5.02 Å². The van der Waals surface area contributed by atoms with Crippen molar-refractivity contribution < 1.29 is 9.53 Å². The van der Waals surface area contributed by atoms with Crippen LogP contribution in [0, 0.1) is 27.7 Å². The summed E-state index contributed by atoms with van der Waals surface area (Å²) in [6.07, 6.45) is 0. The highest BCUT2D eigenvalue weighted by Gasteiger charge is 2.13. The molecule has 5 heteroatoms. The summed E-state index contributed by atoms with van der Waals surface area (Å²) in [6, 6.07) is 11.6. The highest BCUT2D eigenvalue weighted by Crippen LogP contribution is 2.27. The minimum absolute atomic E-state index is 0.140. The van der Waals surface area contributed by atoms with Gasteiger partial charge >= 0.3 is 0 Å². The topological polar surface area (TPSA) is 38.3 Å². The average Bonchev–Trinajstić information content (AvgIpc) is 3.07. The van der Waals surface area contributed by atoms with Crippen molar-refractivity contribution in [2.24, 2.45) is 0 Å². The van der Waals surface area contributed by atoms with Crippen LogP contribution in [-0.2, 0) is 6.61 Å². The second-order valence-corrected chi connectivity index (χ2v) is 8.02. The quantitative estimate of drug-likeness (QED) is 0.534. The molecule has 1 aromatic heterocycles. The number of anilines is 1. The first-order chi connectivity index (χ1) is 12.8. The highest BCUT2D eigenvalue weighted by molar-refractivity contribution is 7.12. The zero-order chi connectivity index (χ0) is 19.6. The molecule has 1 N–H and O–H groups in total. The Balaban J connectivity index is 1.68. The largest absolute Gasteiger partial charge is 0.488 e. The van der Waals surface area contributed by atoms with Crippen LogP contribution in [0.3, 0.4) is 0 Å². The normalized spacial score (nSPS) is 10.7. The Morgan fingerprint density at radius 3 is 2.52 bits per heavy atom. The lowest BCUT2D eigenvalue weighted by Gasteiger charge is -2.12. The molecule has 0 bridgehead atoms. The highest BCUT2D eigenvalue weighted by atomic mass is 35.5. The fraction of sp³-hybridized carbons (Fsp3) is 0.227. The van der Waals surface area contributed by atoms with E-state index in [1.165, 1.54) is 16.9 Å². The predicted molar refractivity (Wildman–Crippen MR) is 113 cm³/mol. The monoisotopic (exact) mass is 399 g/mol. The number of amides is 1. The van der Waals surface area contributed by atoms with Crippen LogP contribution in [0.5, 0.6) is 5.75 Å². The summed E-state index contributed by atoms with van der Waals surface area (Å²) in [7, 11) is 0. The van der Waals surface area contributed by atoms with E-state index in [0.29, 0.717) is 16.5 Å². The number of thiophene rings is 1. The number of hydrogen-bond donors (Lipinski definition) is 1. The van der Waals surface area contributed by atoms with Crippen LogP contribution in [0.25, 0.3) is 0 Å². The average molecular weight is 400 g/mol. The van der Waals surface area contributed by atoms with Crippen LogP contribution in [0.15, 0.2) is 41.8 Å². The van der Waals surface area contributed by atoms with Crippen molar-refractivity contribution in [1.29, 1.82) is 0 Å². The number of carbonyl (C=O) groups is 1. The van der Waals surface area contributed by atoms with E-state index >= 15 is 0 Å². The van der Waals surface area contributed by atoms with E-state index in [0.717, 1.165) is 33.7 Å². The van der Waals surface area contributed by atoms with Gasteiger partial charge in [0.25, 0.3) is 5.91 Å². The third-order valence-electron chi connectivity index (χ3n) is 4.38. The molecule has 0 aliphatic heterocycles. The number of benzene rings is 2. The molecule has 3 aromatic rings. The smallest absolute Gasteiger partial charge is 0.265 e. The first kappa shape index (κ1) is 19.5. The molecular weight excluding hydrogens is 378 g/mol. The molecule has 0 fully saturated rings. The van der Waals surface area contributed by atoms with Gasteiger partial charge < -0.3 is 10.1 Å². The van der Waals surface area contributed by atoms with Gasteiger partial charge in [-0.1, -0.05) is 35.4 Å². The van der Waals surface area contributed by atoms with E-state index in [4.69, 9.17) is 16.3 Å². The third kappa shape index (κ3) is 4.52. The molecule has 0 saturated heterocycles. The number of rotatable bonds is 5. The molecule has 0 unspecified atom stereocenters. The van der Waals surface area contributed by atoms with E-state index in [9.17, 15) is 4.79 Å². The molecule has 3 nitrogen and oxygen atoms in total. The van der Waals surface area contributed by atoms with Gasteiger partial charge in [0.15, 0.2) is 0 Å². The van der Waals surface area contributed by atoms with Crippen molar-refractivity contribution in [1.82, 2.24) is 0 Å². The summed E-state index contributed by atoms with van der Waals surface area (Å²) in [5.74, 6) is 0.770. The standard InChI is InChI=1S/C22H22ClNO2S/c1-13-8-14(2)21(15(3)9-13)26-11-17-10-20(27-12-17)22(25)24-19-7-5-6-18(23)16(19)4/h5-10,12H,11H2,1-4H3,(H,24,25). The third-order valence-corrected chi connectivity index (χ3v) is 5.77. The molecule has 140 valence electrons. The molecule has 0 atom stereocenters. The number of hydrogen-bond acceptors (Lipinski definition) is 3. The molecule has 1 heterocycles. The summed E-state index contributed by atoms with van der Waals surface area (Å²) in [6.45, 7) is 8.50. The summed E-state index contributed by atoms with van der Waals surface area (Å²) < 4.78 is 6.01. The fourth-order valence-electron chi connectivity index (χ4n) is 3.05. The lowest BCUT2D eigenvalue weighted by Crippen LogP contribution is -2.11. The van der Waals surface area contributed by atoms with Crippen LogP contribution >= 0.6 is 22.9 Å². The van der Waals surface area contributed by atoms with E-state index in [1.807, 2.05) is 36.6 Å². The molecule has 3 rings (SSSR count). The van der Waals surface area contributed by atoms with Gasteiger partial charge in [-0.3, -0.25) is 4.79 Å². The number of nitrogens with one attached hydrogen (secondary N) is 1. The Hall–Kier alpha value is -2.30. The van der Waals surface area contributed by atoms with Gasteiger partial charge in [-0.15, -0.1) is 11.3 Å². The van der Waals surface area contributed by atoms with Crippen molar-refractivity contribution in [2.45, 2.75) is 34.3 Å². The Morgan fingerprint density at radius 2 is 1.81 bits per heavy atom. The molecule has 1 amide bonds. The molecule has 0 aliphatic carbocycles. The minimum atomic E-state index is -0.140. The maximum Gasteiger partial charge on any atom is 0.265 e. The van der Waals surface area contributed by atoms with Crippen LogP contribution < -0.4 is 10.1 Å². The van der Waals surface area contributed by atoms with E-state index in [2.05, 4.69) is 38.2 Å². The number of halogens is 1. The van der Waals surface area contributed by atoms with Gasteiger partial charge in [-0.2, -0.15) is 0 Å². The lowest BCUT2D eigenvalue weighted by atomic mass is 10.1. The number of aryl methyl sites for hydroxylation is 3. The second-order valence-electron chi connectivity index (χ2n) is 6.70. The lowest BCUT2D eigenvalue weighted by molar-refractivity contribution is 0.103. The molecule has 27 heavy (non-hydrogen) atoms. The van der Waals surface area contributed by atoms with Gasteiger partial charge in [-0.05, 0) is 68.0 Å². The van der Waals surface area contributed by atoms with Gasteiger partial charge in [0.1, 0.15) is 12.4 Å². The Morgan fingerprint density at radius 1 is 1.11 bits per heavy atom. The summed E-state index contributed by atoms with van der Waals surface area (Å²) in [5.41, 5.74) is 6.03. The number of ether oxygens (including phenoxy) is 1. The summed E-state index contributed by atoms with van der Waals surface area (Å²) >= 11 is 7.52. The van der Waals surface area contributed by atoms with Gasteiger partial charge in [0.2, 0.25) is 0 Å². The molecule has 0 aliphatic rings. The van der Waals surface area contributed by atoms with Crippen molar-refractivity contribution in [3.63, 3.8) is 0 Å². The van der Waals surface area contributed by atoms with Crippen LogP contribution in [-0.4, -0.2) is 5.91 Å². The van der Waals surface area contributed by atoms with Crippen molar-refractivity contribution in [3.8, 4) is 5.75 Å². The summed E-state index contributed by atoms with van der Waals surface area (Å²) in [5, 5.41) is 5.52. The minimum Gasteiger partial charge on any atom is -0.488 e. The van der Waals surface area contributed by atoms with Crippen molar-refractivity contribution in [2.75, 3.05) is 5.32 Å². The first-order valence-corrected chi connectivity index (χ1v) is 9.95. The Kier molecular flexibility index (Phi) is 5.88. The Bertz CT molecular complexity index is 971. The van der Waals surface area contributed by atoms with E-state index in [1.54, 1.807) is 0 Å². The van der Waals surface area contributed by atoms with Gasteiger partial charge in [0, 0.05) is 16.3 Å². The zero-order valence-electron chi connectivity index (χ0n) is 15.9. The van der Waals surface area contributed by atoms with E-state index in [-0.39, 0.29) is 5.91 Å². The predicted octanol–water partition coefficient (Wildman–Crippen LogP) is 6.47. The Labute approximate surface area is 169 Å². The van der Waals surface area contributed by atoms with Crippen LogP contribution in [0.1, 0.15) is 37.5 Å². The van der Waals surface area contributed by atoms with Crippen LogP contribution in [0.4, 0.5) is 5.69 Å². The molecule has 0 spiro atoms. The van der Waals surface area contributed by atoms with Crippen molar-refractivity contribution >= 4 is 34.5 Å². The summed E-state index contributed by atoms with van der Waals surface area (Å²) in [4.78, 5) is 13.2. The molecule has 0 saturated carbocycles. The van der Waals surface area contributed by atoms with E-state index < -0.39 is 0 Å².